The summed E-state index contributed by atoms with van der Waals surface area (Å²) in [5, 5.41) is 14.7. The second-order valence-corrected chi connectivity index (χ2v) is 10.0. The van der Waals surface area contributed by atoms with Crippen LogP contribution in [0.1, 0.15) is 70.1 Å². The van der Waals surface area contributed by atoms with Gasteiger partial charge in [-0.1, -0.05) is 58.7 Å². The fourth-order valence-corrected chi connectivity index (χ4v) is 3.88. The minimum absolute atomic E-state index is 0. The maximum atomic E-state index is 12.5. The predicted octanol–water partition coefficient (Wildman–Crippen LogP) is 1.29. The number of nitrogens with one attached hydrogen (secondary N) is 2. The first-order valence-corrected chi connectivity index (χ1v) is 11.0. The third-order valence-corrected chi connectivity index (χ3v) is 5.83. The number of furan rings is 1. The maximum Gasteiger partial charge on any atom is 1.00 e. The molecule has 0 aliphatic carbocycles. The van der Waals surface area contributed by atoms with E-state index in [0.717, 1.165) is 23.5 Å². The van der Waals surface area contributed by atoms with E-state index in [4.69, 9.17) is 16.0 Å². The van der Waals surface area contributed by atoms with E-state index < -0.39 is 26.7 Å². The number of anilines is 1. The summed E-state index contributed by atoms with van der Waals surface area (Å²) < 4.78 is 31.9. The van der Waals surface area contributed by atoms with E-state index in [1.54, 1.807) is 12.1 Å². The van der Waals surface area contributed by atoms with Gasteiger partial charge in [0.1, 0.15) is 0 Å². The first-order chi connectivity index (χ1) is 13.2. The fourth-order valence-electron chi connectivity index (χ4n) is 2.79. The molecular weight excluding hydrogens is 439 g/mol. The number of carbonyl (C=O) groups is 1. The smallest absolute Gasteiger partial charge is 0.846 e. The molecule has 0 unspecified atom stereocenters. The minimum atomic E-state index is -4.29. The molecule has 0 aliphatic heterocycles. The summed E-state index contributed by atoms with van der Waals surface area (Å²) in [6.45, 7) is 10.6. The largest absolute Gasteiger partial charge is 1.00 e. The molecule has 2 aromatic rings. The molecule has 0 spiro atoms. The number of amides is 2. The zero-order valence-electron chi connectivity index (χ0n) is 18.3. The normalized spacial score (nSPS) is 12.1. The number of urea groups is 1. The van der Waals surface area contributed by atoms with Crippen LogP contribution >= 0.6 is 11.6 Å². The van der Waals surface area contributed by atoms with Gasteiger partial charge < -0.3 is 14.8 Å². The number of hydrogen-bond acceptors (Lipinski definition) is 5. The van der Waals surface area contributed by atoms with Crippen molar-refractivity contribution in [2.45, 2.75) is 64.1 Å². The third kappa shape index (κ3) is 6.48. The van der Waals surface area contributed by atoms with Gasteiger partial charge in [-0.25, -0.2) is 9.52 Å². The summed E-state index contributed by atoms with van der Waals surface area (Å²) in [6.07, 6.45) is 1.08. The van der Waals surface area contributed by atoms with E-state index in [1.165, 1.54) is 13.8 Å². The van der Waals surface area contributed by atoms with E-state index in [1.807, 2.05) is 32.4 Å². The molecule has 1 aromatic carbocycles. The zero-order valence-corrected chi connectivity index (χ0v) is 21.9. The summed E-state index contributed by atoms with van der Waals surface area (Å²) in [6, 6.07) is 3.68. The molecular formula is C20H26ClN2NaO5S. The van der Waals surface area contributed by atoms with Crippen molar-refractivity contribution in [1.29, 1.82) is 0 Å². The van der Waals surface area contributed by atoms with Crippen molar-refractivity contribution in [3.63, 3.8) is 0 Å². The molecule has 7 nitrogen and oxygen atoms in total. The SMILES string of the molecule is CC(C)c1cc(Cl)cc(C(C)C)c1NC(=O)NS(=O)(=O)c1cc(C(C)(C)[O-])co1.[Na+]. The number of carbonyl (C=O) groups excluding carboxylic acids is 1. The summed E-state index contributed by atoms with van der Waals surface area (Å²) >= 11 is 6.21. The van der Waals surface area contributed by atoms with Gasteiger partial charge in [-0.05, 0) is 40.7 Å². The zero-order chi connectivity index (χ0) is 22.1. The van der Waals surface area contributed by atoms with Crippen LogP contribution in [0.2, 0.25) is 5.02 Å². The Morgan fingerprint density at radius 3 is 2.00 bits per heavy atom. The molecule has 10 heteroatoms. The van der Waals surface area contributed by atoms with Crippen molar-refractivity contribution in [3.05, 3.63) is 46.2 Å². The molecule has 0 fully saturated rings. The number of rotatable bonds is 6. The molecule has 0 radical (unpaired) electrons. The van der Waals surface area contributed by atoms with Crippen molar-refractivity contribution in [3.8, 4) is 0 Å². The van der Waals surface area contributed by atoms with Crippen molar-refractivity contribution < 1.29 is 52.3 Å². The van der Waals surface area contributed by atoms with Gasteiger partial charge in [0.2, 0.25) is 5.09 Å². The van der Waals surface area contributed by atoms with E-state index in [-0.39, 0.29) is 47.0 Å². The minimum Gasteiger partial charge on any atom is -0.846 e. The van der Waals surface area contributed by atoms with E-state index in [2.05, 4.69) is 5.32 Å². The van der Waals surface area contributed by atoms with Crippen LogP contribution in [0.15, 0.2) is 34.0 Å². The van der Waals surface area contributed by atoms with E-state index in [0.29, 0.717) is 10.7 Å². The number of benzene rings is 1. The third-order valence-electron chi connectivity index (χ3n) is 4.41. The first kappa shape index (κ1) is 27.0. The van der Waals surface area contributed by atoms with Crippen LogP contribution in [-0.4, -0.2) is 14.4 Å². The van der Waals surface area contributed by atoms with Crippen molar-refractivity contribution in [2.75, 3.05) is 5.32 Å². The molecule has 2 N–H and O–H groups in total. The fraction of sp³-hybridized carbons (Fsp3) is 0.450. The average molecular weight is 465 g/mol. The number of sulfonamides is 1. The summed E-state index contributed by atoms with van der Waals surface area (Å²) in [7, 11) is -4.29. The molecule has 2 amide bonds. The molecule has 1 heterocycles. The Hall–Kier alpha value is -1.03. The summed E-state index contributed by atoms with van der Waals surface area (Å²) in [5.41, 5.74) is 0.749. The molecule has 0 bridgehead atoms. The van der Waals surface area contributed by atoms with Gasteiger partial charge in [0.05, 0.1) is 6.26 Å². The quantitative estimate of drug-likeness (QED) is 0.626. The second-order valence-electron chi connectivity index (χ2n) is 7.99. The van der Waals surface area contributed by atoms with Gasteiger partial charge in [0.15, 0.2) is 0 Å². The molecule has 0 aliphatic rings. The van der Waals surface area contributed by atoms with Gasteiger partial charge in [0, 0.05) is 16.8 Å². The molecule has 2 rings (SSSR count). The monoisotopic (exact) mass is 464 g/mol. The molecule has 0 saturated carbocycles. The number of hydrogen-bond donors (Lipinski definition) is 2. The Kier molecular flexibility index (Phi) is 9.06. The molecule has 30 heavy (non-hydrogen) atoms. The van der Waals surface area contributed by atoms with Crippen LogP contribution in [0.3, 0.4) is 0 Å². The van der Waals surface area contributed by atoms with Crippen molar-refractivity contribution in [1.82, 2.24) is 4.72 Å². The van der Waals surface area contributed by atoms with Gasteiger partial charge >= 0.3 is 35.6 Å². The molecule has 160 valence electrons. The van der Waals surface area contributed by atoms with E-state index in [9.17, 15) is 18.3 Å². The topological polar surface area (TPSA) is 111 Å². The van der Waals surface area contributed by atoms with Crippen molar-refractivity contribution >= 4 is 33.3 Å². The number of halogens is 1. The van der Waals surface area contributed by atoms with E-state index >= 15 is 0 Å². The average Bonchev–Trinajstić information content (AvgIpc) is 3.06. The first-order valence-electron chi connectivity index (χ1n) is 9.19. The van der Waals surface area contributed by atoms with Crippen LogP contribution in [0.4, 0.5) is 10.5 Å². The molecule has 1 aromatic heterocycles. The van der Waals surface area contributed by atoms with Crippen LogP contribution in [-0.2, 0) is 15.6 Å². The Bertz CT molecular complexity index is 981. The Morgan fingerprint density at radius 2 is 1.60 bits per heavy atom. The molecule has 0 saturated heterocycles. The van der Waals surface area contributed by atoms with Crippen LogP contribution in [0.5, 0.6) is 0 Å². The van der Waals surface area contributed by atoms with Crippen LogP contribution < -0.4 is 44.7 Å². The second kappa shape index (κ2) is 10.1. The van der Waals surface area contributed by atoms with Gasteiger partial charge in [0.25, 0.3) is 10.0 Å². The molecule has 0 atom stereocenters. The van der Waals surface area contributed by atoms with Gasteiger partial charge in [-0.3, -0.25) is 0 Å². The Labute approximate surface area is 204 Å². The summed E-state index contributed by atoms with van der Waals surface area (Å²) in [5.74, 6) is 0.0926. The van der Waals surface area contributed by atoms with Gasteiger partial charge in [-0.2, -0.15) is 8.42 Å². The van der Waals surface area contributed by atoms with Crippen molar-refractivity contribution in [2.24, 2.45) is 0 Å². The van der Waals surface area contributed by atoms with Crippen LogP contribution in [0.25, 0.3) is 0 Å². The summed E-state index contributed by atoms with van der Waals surface area (Å²) in [4.78, 5) is 12.5. The Morgan fingerprint density at radius 1 is 1.10 bits per heavy atom. The maximum absolute atomic E-state index is 12.5. The van der Waals surface area contributed by atoms with Crippen LogP contribution in [0, 0.1) is 0 Å². The predicted molar refractivity (Wildman–Crippen MR) is 111 cm³/mol. The Balaban J connectivity index is 0.00000450. The van der Waals surface area contributed by atoms with Gasteiger partial charge in [-0.15, -0.1) is 0 Å². The standard InChI is InChI=1S/C20H26ClN2O5S.Na/c1-11(2)15-8-14(21)9-16(12(3)4)18(15)22-19(24)23-29(26,27)17-7-13(10-28-17)20(5,6)25;/h7-12H,1-6H3,(H2,22,23,24);/q-1;+1.